The first-order valence-electron chi connectivity index (χ1n) is 8.34. The second-order valence-electron chi connectivity index (χ2n) is 6.50. The minimum atomic E-state index is -0.484. The Labute approximate surface area is 155 Å². The van der Waals surface area contributed by atoms with Crippen LogP contribution in [-0.4, -0.2) is 28.5 Å². The lowest BCUT2D eigenvalue weighted by Gasteiger charge is -2.04. The molecule has 0 radical (unpaired) electrons. The highest BCUT2D eigenvalue weighted by molar-refractivity contribution is 7.16. The molecule has 26 heavy (non-hydrogen) atoms. The van der Waals surface area contributed by atoms with Gasteiger partial charge in [0.1, 0.15) is 0 Å². The number of aryl methyl sites for hydroxylation is 1. The predicted molar refractivity (Wildman–Crippen MR) is 103 cm³/mol. The van der Waals surface area contributed by atoms with Crippen LogP contribution in [0.5, 0.6) is 0 Å². The summed E-state index contributed by atoms with van der Waals surface area (Å²) in [6, 6.07) is 7.51. The number of carbonyl (C=O) groups excluding carboxylic acids is 2. The minimum absolute atomic E-state index is 0.247. The van der Waals surface area contributed by atoms with Gasteiger partial charge in [-0.3, -0.25) is 10.1 Å². The maximum absolute atomic E-state index is 12.7. The summed E-state index contributed by atoms with van der Waals surface area (Å²) in [6.45, 7) is 4.13. The third-order valence-corrected chi connectivity index (χ3v) is 5.06. The van der Waals surface area contributed by atoms with Gasteiger partial charge in [-0.15, -0.1) is 11.3 Å². The highest BCUT2D eigenvalue weighted by Gasteiger charge is 2.21. The molecule has 2 heterocycles. The van der Waals surface area contributed by atoms with Crippen molar-refractivity contribution in [2.45, 2.75) is 20.3 Å². The van der Waals surface area contributed by atoms with Crippen LogP contribution in [0.25, 0.3) is 10.9 Å². The number of benzene rings is 1. The number of ether oxygens (including phenoxy) is 1. The quantitative estimate of drug-likeness (QED) is 0.691. The van der Waals surface area contributed by atoms with Gasteiger partial charge in [0, 0.05) is 34.6 Å². The van der Waals surface area contributed by atoms with Crippen molar-refractivity contribution in [3.63, 3.8) is 0 Å². The van der Waals surface area contributed by atoms with Crippen molar-refractivity contribution in [1.29, 1.82) is 0 Å². The number of fused-ring (bicyclic) bond motifs is 1. The number of thiazole rings is 1. The van der Waals surface area contributed by atoms with Crippen LogP contribution in [0.3, 0.4) is 0 Å². The van der Waals surface area contributed by atoms with Gasteiger partial charge < -0.3 is 9.30 Å². The molecule has 7 heteroatoms. The van der Waals surface area contributed by atoms with E-state index in [2.05, 4.69) is 24.1 Å². The van der Waals surface area contributed by atoms with E-state index in [1.807, 2.05) is 36.0 Å². The zero-order valence-electron chi connectivity index (χ0n) is 15.2. The Hall–Kier alpha value is -2.67. The number of amides is 1. The van der Waals surface area contributed by atoms with E-state index in [1.54, 1.807) is 6.07 Å². The van der Waals surface area contributed by atoms with Gasteiger partial charge in [-0.05, 0) is 30.5 Å². The van der Waals surface area contributed by atoms with Crippen molar-refractivity contribution in [1.82, 2.24) is 9.55 Å². The van der Waals surface area contributed by atoms with Crippen molar-refractivity contribution < 1.29 is 14.3 Å². The summed E-state index contributed by atoms with van der Waals surface area (Å²) in [5.74, 6) is -0.369. The first-order chi connectivity index (χ1) is 12.4. The number of aromatic nitrogens is 2. The van der Waals surface area contributed by atoms with Gasteiger partial charge in [0.05, 0.1) is 7.11 Å². The van der Waals surface area contributed by atoms with Gasteiger partial charge in [0.25, 0.3) is 5.91 Å². The Morgan fingerprint density at radius 3 is 2.77 bits per heavy atom. The second kappa shape index (κ2) is 7.29. The van der Waals surface area contributed by atoms with E-state index in [-0.39, 0.29) is 11.6 Å². The van der Waals surface area contributed by atoms with E-state index in [9.17, 15) is 9.59 Å². The fourth-order valence-electron chi connectivity index (χ4n) is 2.84. The van der Waals surface area contributed by atoms with Crippen LogP contribution in [0.15, 0.2) is 30.5 Å². The van der Waals surface area contributed by atoms with Crippen LogP contribution < -0.4 is 5.32 Å². The number of hydrogen-bond acceptors (Lipinski definition) is 5. The minimum Gasteiger partial charge on any atom is -0.464 e. The van der Waals surface area contributed by atoms with Crippen molar-refractivity contribution >= 4 is 39.2 Å². The molecule has 0 fully saturated rings. The van der Waals surface area contributed by atoms with Gasteiger partial charge in [-0.25, -0.2) is 9.78 Å². The molecule has 3 aromatic rings. The molecule has 3 rings (SSSR count). The number of nitrogens with zero attached hydrogens (tertiary/aromatic N) is 2. The maximum atomic E-state index is 12.7. The summed E-state index contributed by atoms with van der Waals surface area (Å²) in [4.78, 5) is 29.8. The fourth-order valence-corrected chi connectivity index (χ4v) is 3.99. The Bertz CT molecular complexity index is 972. The monoisotopic (exact) mass is 371 g/mol. The third-order valence-electron chi connectivity index (χ3n) is 4.06. The summed E-state index contributed by atoms with van der Waals surface area (Å²) >= 11 is 1.32. The molecule has 1 N–H and O–H groups in total. The third kappa shape index (κ3) is 3.48. The van der Waals surface area contributed by atoms with Gasteiger partial charge in [0.2, 0.25) is 0 Å². The van der Waals surface area contributed by atoms with Crippen LogP contribution in [0.1, 0.15) is 39.6 Å². The van der Waals surface area contributed by atoms with Gasteiger partial charge in [-0.1, -0.05) is 19.9 Å². The Morgan fingerprint density at radius 2 is 2.08 bits per heavy atom. The normalized spacial score (nSPS) is 11.1. The van der Waals surface area contributed by atoms with Crippen molar-refractivity contribution in [2.75, 3.05) is 12.4 Å². The second-order valence-corrected chi connectivity index (χ2v) is 7.58. The van der Waals surface area contributed by atoms with Gasteiger partial charge in [-0.2, -0.15) is 0 Å². The van der Waals surface area contributed by atoms with E-state index < -0.39 is 5.97 Å². The molecule has 0 aliphatic heterocycles. The van der Waals surface area contributed by atoms with Crippen LogP contribution >= 0.6 is 11.3 Å². The van der Waals surface area contributed by atoms with Crippen LogP contribution in [-0.2, 0) is 18.2 Å². The van der Waals surface area contributed by atoms with Crippen LogP contribution in [0.4, 0.5) is 5.13 Å². The lowest BCUT2D eigenvalue weighted by molar-refractivity contribution is 0.0593. The van der Waals surface area contributed by atoms with Crippen molar-refractivity contribution in [3.8, 4) is 0 Å². The number of methoxy groups -OCH3 is 1. The van der Waals surface area contributed by atoms with Crippen LogP contribution in [0.2, 0.25) is 0 Å². The Balaban J connectivity index is 1.91. The molecule has 0 spiro atoms. The average Bonchev–Trinajstić information content (AvgIpc) is 3.17. The molecule has 0 aliphatic rings. The van der Waals surface area contributed by atoms with E-state index in [0.29, 0.717) is 23.0 Å². The zero-order valence-corrected chi connectivity index (χ0v) is 16.0. The average molecular weight is 371 g/mol. The summed E-state index contributed by atoms with van der Waals surface area (Å²) in [7, 11) is 3.26. The summed E-state index contributed by atoms with van der Waals surface area (Å²) in [5.41, 5.74) is 1.83. The first kappa shape index (κ1) is 18.1. The van der Waals surface area contributed by atoms with E-state index in [0.717, 1.165) is 15.8 Å². The maximum Gasteiger partial charge on any atom is 0.357 e. The number of nitrogens with one attached hydrogen (secondary N) is 1. The molecule has 1 aromatic carbocycles. The first-order valence-corrected chi connectivity index (χ1v) is 9.15. The van der Waals surface area contributed by atoms with Crippen LogP contribution in [0, 0.1) is 5.92 Å². The summed E-state index contributed by atoms with van der Waals surface area (Å²) in [5, 5.41) is 4.10. The molecule has 0 saturated carbocycles. The summed E-state index contributed by atoms with van der Waals surface area (Å²) in [6.07, 6.45) is 2.62. The standard InChI is InChI=1S/C19H21N3O3S/c1-11(2)10-15-16(18(24)25-4)20-19(26-15)21-17(23)13-6-5-7-14-12(13)8-9-22(14)3/h5-9,11H,10H2,1-4H3,(H,20,21,23). The molecule has 136 valence electrons. The van der Waals surface area contributed by atoms with Gasteiger partial charge in [0.15, 0.2) is 10.8 Å². The topological polar surface area (TPSA) is 73.2 Å². The number of rotatable bonds is 5. The highest BCUT2D eigenvalue weighted by atomic mass is 32.1. The van der Waals surface area contributed by atoms with Crippen molar-refractivity contribution in [2.24, 2.45) is 13.0 Å². The molecule has 0 bridgehead atoms. The predicted octanol–water partition coefficient (Wildman–Crippen LogP) is 3.87. The number of anilines is 1. The molecule has 6 nitrogen and oxygen atoms in total. The Morgan fingerprint density at radius 1 is 1.31 bits per heavy atom. The molecule has 1 amide bonds. The zero-order chi connectivity index (χ0) is 18.8. The lowest BCUT2D eigenvalue weighted by atomic mass is 10.1. The Kier molecular flexibility index (Phi) is 5.08. The number of hydrogen-bond donors (Lipinski definition) is 1. The highest BCUT2D eigenvalue weighted by Crippen LogP contribution is 2.28. The molecule has 0 atom stereocenters. The van der Waals surface area contributed by atoms with E-state index >= 15 is 0 Å². The molecule has 2 aromatic heterocycles. The SMILES string of the molecule is COC(=O)c1nc(NC(=O)c2cccc3c2ccn3C)sc1CC(C)C. The van der Waals surface area contributed by atoms with Crippen molar-refractivity contribution in [3.05, 3.63) is 46.6 Å². The molecule has 0 aliphatic carbocycles. The molecule has 0 saturated heterocycles. The number of carbonyl (C=O) groups is 2. The van der Waals surface area contributed by atoms with E-state index in [1.165, 1.54) is 18.4 Å². The lowest BCUT2D eigenvalue weighted by Crippen LogP contribution is -2.12. The largest absolute Gasteiger partial charge is 0.464 e. The molecule has 0 unspecified atom stereocenters. The fraction of sp³-hybridized carbons (Fsp3) is 0.316. The molecular formula is C19H21N3O3S. The summed E-state index contributed by atoms with van der Waals surface area (Å²) < 4.78 is 6.78. The van der Waals surface area contributed by atoms with Gasteiger partial charge >= 0.3 is 5.97 Å². The molecular weight excluding hydrogens is 350 g/mol. The number of esters is 1. The smallest absolute Gasteiger partial charge is 0.357 e. The van der Waals surface area contributed by atoms with E-state index in [4.69, 9.17) is 4.74 Å².